The molecule has 4 heterocycles. The third kappa shape index (κ3) is 13.8. The number of fused-ring (bicyclic) bond motifs is 2. The molecule has 0 saturated heterocycles. The average Bonchev–Trinajstić information content (AvgIpc) is 2.35. The molecule has 40 heteroatoms. The van der Waals surface area contributed by atoms with Crippen LogP contribution in [0.2, 0.25) is 0 Å². The van der Waals surface area contributed by atoms with Crippen LogP contribution in [0.5, 0.6) is 0 Å². The number of amides is 6. The molecular weight excluding hydrogens is 1260 g/mol. The maximum absolute atomic E-state index is 13.6. The molecule has 0 unspecified atom stereocenters. The molecule has 0 aliphatic carbocycles. The van der Waals surface area contributed by atoms with E-state index in [9.17, 15) is 102 Å². The summed E-state index contributed by atoms with van der Waals surface area (Å²) in [5.41, 5.74) is -1.40. The van der Waals surface area contributed by atoms with E-state index in [0.717, 1.165) is 24.3 Å². The van der Waals surface area contributed by atoms with Crippen LogP contribution in [0.4, 0.5) is 38.9 Å². The molecule has 4 aromatic carbocycles. The van der Waals surface area contributed by atoms with Gasteiger partial charge in [-0.05, 0) is 72.8 Å². The summed E-state index contributed by atoms with van der Waals surface area (Å²) in [5, 5.41) is 11.5. The number of aromatic nitrogens is 4. The van der Waals surface area contributed by atoms with Crippen molar-refractivity contribution in [1.29, 1.82) is 0 Å². The Morgan fingerprint density at radius 1 is 0.341 bits per heavy atom. The van der Waals surface area contributed by atoms with E-state index in [1.807, 2.05) is 0 Å². The van der Waals surface area contributed by atoms with Crippen LogP contribution in [0.3, 0.4) is 0 Å². The number of hydrogen-bond acceptors (Lipinski definition) is 17. The van der Waals surface area contributed by atoms with Crippen LogP contribution in [-0.4, -0.2) is 155 Å². The van der Waals surface area contributed by atoms with E-state index in [0.29, 0.717) is 36.4 Å². The first-order chi connectivity index (χ1) is 38.6. The number of rotatable bonds is 16. The standard InChI is InChI=1S/C45H40N10O23S6.Na/c1-52-17-21(9-33(52)43(58)50-29-5-7-35(81(67,68)69)27-13-25(79(61,62)63)15-37(39(27)29)83(73,74)75)46-41(56)31-11-23(19-54(31)3)48-45(60)49-24-12-32(55(4)20-24)42(57)47-22-10-34(53(2)18-22)44(59)51-30-6-8-36(82(70,71)72)28-14-26(80(64,65)66)16-38(40(28)30)84(76,77)78;/h5-20H,1-4H3,(H,46,56)(H,47,57)(H,50,58)(H,51,59)(H2,48,49,60)(H,61,62,63)(H,64,65,66)(H,67,68,69)(H,70,71,72)(H,73,74,75)(H,76,77,78);. The number of nitrogens with one attached hydrogen (secondary N) is 6. The van der Waals surface area contributed by atoms with E-state index in [1.165, 1.54) is 83.4 Å². The van der Waals surface area contributed by atoms with Crippen LogP contribution in [0.1, 0.15) is 42.0 Å². The van der Waals surface area contributed by atoms with Crippen molar-refractivity contribution in [2.45, 2.75) is 29.4 Å². The van der Waals surface area contributed by atoms with E-state index in [4.69, 9.17) is 0 Å². The third-order valence-electron chi connectivity index (χ3n) is 12.2. The predicted molar refractivity (Wildman–Crippen MR) is 299 cm³/mol. The normalized spacial score (nSPS) is 12.4. The van der Waals surface area contributed by atoms with Gasteiger partial charge in [0.25, 0.3) is 84.3 Å². The van der Waals surface area contributed by atoms with Gasteiger partial charge in [0.1, 0.15) is 42.4 Å². The zero-order valence-corrected chi connectivity index (χ0v) is 50.5. The molecule has 0 saturated carbocycles. The fourth-order valence-corrected chi connectivity index (χ4v) is 12.7. The van der Waals surface area contributed by atoms with E-state index in [2.05, 4.69) is 31.9 Å². The Morgan fingerprint density at radius 2 is 0.600 bits per heavy atom. The average molecular weight is 1300 g/mol. The molecule has 6 amide bonds. The number of benzene rings is 4. The smallest absolute Gasteiger partial charge is 0.323 e. The predicted octanol–water partition coefficient (Wildman–Crippen LogP) is 3.10. The maximum atomic E-state index is 13.6. The van der Waals surface area contributed by atoms with Gasteiger partial charge in [0, 0.05) is 104 Å². The quantitative estimate of drug-likeness (QED) is 0.0488. The van der Waals surface area contributed by atoms with Crippen molar-refractivity contribution in [1.82, 2.24) is 18.3 Å². The van der Waals surface area contributed by atoms with Gasteiger partial charge >= 0.3 is 6.03 Å². The Kier molecular flexibility index (Phi) is 17.4. The van der Waals surface area contributed by atoms with Gasteiger partial charge < -0.3 is 50.2 Å². The van der Waals surface area contributed by atoms with Gasteiger partial charge in [0.05, 0.1) is 43.9 Å². The van der Waals surface area contributed by atoms with Crippen molar-refractivity contribution in [2.24, 2.45) is 28.2 Å². The van der Waals surface area contributed by atoms with Gasteiger partial charge in [-0.3, -0.25) is 46.5 Å². The zero-order valence-electron chi connectivity index (χ0n) is 43.6. The van der Waals surface area contributed by atoms with E-state index in [-0.39, 0.29) is 75.1 Å². The number of carbonyl (C=O) groups excluding carboxylic acids is 5. The van der Waals surface area contributed by atoms with E-state index >= 15 is 0 Å². The van der Waals surface area contributed by atoms with Gasteiger partial charge in [-0.25, -0.2) is 4.79 Å². The Hall–Kier alpha value is -7.87. The van der Waals surface area contributed by atoms with Gasteiger partial charge in [-0.1, -0.05) is 0 Å². The summed E-state index contributed by atoms with van der Waals surface area (Å²) in [5.74, 6) is -3.62. The molecule has 0 spiro atoms. The minimum Gasteiger partial charge on any atom is -0.344 e. The van der Waals surface area contributed by atoms with Gasteiger partial charge in [0.2, 0.25) is 0 Å². The van der Waals surface area contributed by atoms with Gasteiger partial charge in [-0.2, -0.15) is 50.5 Å². The summed E-state index contributed by atoms with van der Waals surface area (Å²) in [6.45, 7) is 0. The number of nitrogens with zero attached hydrogens (tertiary/aromatic N) is 4. The molecule has 8 aromatic rings. The van der Waals surface area contributed by atoms with Crippen molar-refractivity contribution in [3.05, 3.63) is 120 Å². The minimum absolute atomic E-state index is 0. The van der Waals surface area contributed by atoms with Crippen LogP contribution in [0.25, 0.3) is 21.5 Å². The molecule has 0 fully saturated rings. The summed E-state index contributed by atoms with van der Waals surface area (Å²) in [7, 11) is -26.2. The zero-order chi connectivity index (χ0) is 62.3. The summed E-state index contributed by atoms with van der Waals surface area (Å²) in [6.07, 6.45) is 5.27. The first kappa shape index (κ1) is 64.7. The summed E-state index contributed by atoms with van der Waals surface area (Å²) in [6, 6.07) is 8.60. The molecular formula is C45H40N10NaO23S6. The molecule has 0 aliphatic heterocycles. The Morgan fingerprint density at radius 3 is 0.859 bits per heavy atom. The first-order valence-corrected chi connectivity index (χ1v) is 31.3. The minimum atomic E-state index is -5.44. The van der Waals surface area contributed by atoms with Crippen LogP contribution in [0.15, 0.2) is 127 Å². The fraction of sp³-hybridized carbons (Fsp3) is 0.0889. The van der Waals surface area contributed by atoms with Crippen molar-refractivity contribution >= 4 is 176 Å². The van der Waals surface area contributed by atoms with Crippen LogP contribution in [-0.2, 0) is 88.9 Å². The van der Waals surface area contributed by atoms with Crippen molar-refractivity contribution < 1.29 is 102 Å². The largest absolute Gasteiger partial charge is 0.344 e. The Balaban J connectivity index is 0.0000104. The molecule has 0 aliphatic rings. The van der Waals surface area contributed by atoms with Crippen molar-refractivity contribution in [3.8, 4) is 0 Å². The summed E-state index contributed by atoms with van der Waals surface area (Å²) >= 11 is 0. The molecule has 8 rings (SSSR count). The van der Waals surface area contributed by atoms with Gasteiger partial charge in [0.15, 0.2) is 0 Å². The number of urea groups is 1. The molecule has 12 N–H and O–H groups in total. The third-order valence-corrected chi connectivity index (χ3v) is 17.5. The second kappa shape index (κ2) is 22.9. The van der Waals surface area contributed by atoms with Crippen LogP contribution >= 0.6 is 0 Å². The Labute approximate surface area is 501 Å². The second-order valence-corrected chi connectivity index (χ2v) is 26.5. The topological polar surface area (TPSA) is 503 Å². The fourth-order valence-electron chi connectivity index (χ4n) is 8.64. The van der Waals surface area contributed by atoms with E-state index < -0.39 is 153 Å². The van der Waals surface area contributed by atoms with E-state index in [1.54, 1.807) is 0 Å². The van der Waals surface area contributed by atoms with Crippen molar-refractivity contribution in [3.63, 3.8) is 0 Å². The monoisotopic (exact) mass is 1300 g/mol. The summed E-state index contributed by atoms with van der Waals surface area (Å²) < 4.78 is 211. The van der Waals surface area contributed by atoms with Gasteiger partial charge in [-0.15, -0.1) is 0 Å². The molecule has 445 valence electrons. The molecule has 0 bridgehead atoms. The number of aryl methyl sites for hydroxylation is 4. The SMILES string of the molecule is Cn1cc(NC(=O)Nc2cc(C(=O)Nc3cc(C(=O)Nc4ccc(S(=O)(=O)O)c5cc(S(=O)(=O)O)cc(S(=O)(=O)O)c45)n(C)c3)n(C)c2)cc1C(=O)Nc1cc(C(=O)Nc2ccc(S(=O)(=O)O)c3cc(S(=O)(=O)O)cc(S(=O)(=O)O)c23)n(C)c1.[Na]. The molecule has 0 atom stereocenters. The molecule has 33 nitrogen and oxygen atoms in total. The van der Waals surface area contributed by atoms with Crippen molar-refractivity contribution in [2.75, 3.05) is 31.9 Å². The second-order valence-electron chi connectivity index (χ2n) is 18.1. The number of carbonyl (C=O) groups is 5. The number of anilines is 6. The molecule has 4 aromatic heterocycles. The Bertz CT molecular complexity index is 4650. The first-order valence-electron chi connectivity index (χ1n) is 22.7. The summed E-state index contributed by atoms with van der Waals surface area (Å²) in [4.78, 5) is 60.4. The molecule has 1 radical (unpaired) electrons. The maximum Gasteiger partial charge on any atom is 0.323 e. The molecule has 85 heavy (non-hydrogen) atoms. The van der Waals surface area contributed by atoms with Crippen LogP contribution in [0, 0.1) is 0 Å². The number of hydrogen-bond donors (Lipinski definition) is 12. The van der Waals surface area contributed by atoms with Crippen LogP contribution < -0.4 is 31.9 Å².